The predicted molar refractivity (Wildman–Crippen MR) is 54.9 cm³/mol. The third-order valence-electron chi connectivity index (χ3n) is 2.92. The molecular weight excluding hydrogens is 234 g/mol. The number of thioether (sulfide) groups is 1. The van der Waals surface area contributed by atoms with E-state index in [9.17, 15) is 14.4 Å². The van der Waals surface area contributed by atoms with Gasteiger partial charge in [0.25, 0.3) is 0 Å². The molecule has 16 heavy (non-hydrogen) atoms. The van der Waals surface area contributed by atoms with E-state index in [0.29, 0.717) is 12.2 Å². The van der Waals surface area contributed by atoms with Crippen molar-refractivity contribution in [3.63, 3.8) is 0 Å². The zero-order valence-electron chi connectivity index (χ0n) is 8.33. The molecule has 3 unspecified atom stereocenters. The maximum Gasteiger partial charge on any atom is 0.327 e. The summed E-state index contributed by atoms with van der Waals surface area (Å²) in [6.45, 7) is 0. The second kappa shape index (κ2) is 3.97. The normalized spacial score (nSPS) is 33.6. The van der Waals surface area contributed by atoms with Gasteiger partial charge in [0.15, 0.2) is 0 Å². The first kappa shape index (κ1) is 11.3. The molecule has 2 saturated heterocycles. The van der Waals surface area contributed by atoms with Crippen LogP contribution in [-0.2, 0) is 14.4 Å². The maximum atomic E-state index is 11.7. The third-order valence-corrected chi connectivity index (χ3v) is 4.23. The third kappa shape index (κ3) is 1.75. The highest BCUT2D eigenvalue weighted by atomic mass is 32.2. The Kier molecular flexibility index (Phi) is 2.79. The molecule has 0 aromatic heterocycles. The van der Waals surface area contributed by atoms with Crippen LogP contribution in [0.1, 0.15) is 12.8 Å². The largest absolute Gasteiger partial charge is 0.481 e. The molecule has 2 aliphatic rings. The smallest absolute Gasteiger partial charge is 0.327 e. The Morgan fingerprint density at radius 2 is 2.00 bits per heavy atom. The first-order valence-electron chi connectivity index (χ1n) is 4.89. The van der Waals surface area contributed by atoms with Crippen LogP contribution in [0.5, 0.6) is 0 Å². The SMILES string of the molecule is O=C(O)C1CC(=O)N2C(C1)SCC2C(=O)O. The minimum absolute atomic E-state index is 0.0871. The van der Waals surface area contributed by atoms with Crippen molar-refractivity contribution in [3.8, 4) is 0 Å². The van der Waals surface area contributed by atoms with E-state index in [4.69, 9.17) is 10.2 Å². The molecule has 2 rings (SSSR count). The molecule has 6 nitrogen and oxygen atoms in total. The Morgan fingerprint density at radius 1 is 1.31 bits per heavy atom. The Balaban J connectivity index is 2.16. The second-order valence-electron chi connectivity index (χ2n) is 3.92. The van der Waals surface area contributed by atoms with E-state index in [0.717, 1.165) is 0 Å². The molecule has 1 amide bonds. The molecule has 0 spiro atoms. The van der Waals surface area contributed by atoms with E-state index >= 15 is 0 Å². The zero-order chi connectivity index (χ0) is 11.9. The Morgan fingerprint density at radius 3 is 2.56 bits per heavy atom. The van der Waals surface area contributed by atoms with Gasteiger partial charge < -0.3 is 15.1 Å². The number of rotatable bonds is 2. The van der Waals surface area contributed by atoms with Gasteiger partial charge in [-0.15, -0.1) is 11.8 Å². The molecular formula is C9H11NO5S. The second-order valence-corrected chi connectivity index (χ2v) is 5.13. The van der Waals surface area contributed by atoms with E-state index in [1.54, 1.807) is 0 Å². The predicted octanol–water partition coefficient (Wildman–Crippen LogP) is -0.164. The van der Waals surface area contributed by atoms with E-state index in [1.165, 1.54) is 16.7 Å². The van der Waals surface area contributed by atoms with E-state index < -0.39 is 23.9 Å². The van der Waals surface area contributed by atoms with Crippen molar-refractivity contribution >= 4 is 29.6 Å². The summed E-state index contributed by atoms with van der Waals surface area (Å²) in [5, 5.41) is 17.5. The van der Waals surface area contributed by atoms with Gasteiger partial charge in [-0.05, 0) is 6.42 Å². The van der Waals surface area contributed by atoms with Crippen molar-refractivity contribution in [1.82, 2.24) is 4.90 Å². The van der Waals surface area contributed by atoms with Crippen molar-refractivity contribution in [2.24, 2.45) is 5.92 Å². The number of hydrogen-bond donors (Lipinski definition) is 2. The van der Waals surface area contributed by atoms with Crippen molar-refractivity contribution in [3.05, 3.63) is 0 Å². The van der Waals surface area contributed by atoms with Gasteiger partial charge in [0.05, 0.1) is 11.3 Å². The summed E-state index contributed by atoms with van der Waals surface area (Å²) in [6.07, 6.45) is 0.256. The Hall–Kier alpha value is -1.24. The quantitative estimate of drug-likeness (QED) is 0.701. The Labute approximate surface area is 95.6 Å². The fraction of sp³-hybridized carbons (Fsp3) is 0.667. The van der Waals surface area contributed by atoms with Gasteiger partial charge in [-0.25, -0.2) is 4.79 Å². The Bertz CT molecular complexity index is 358. The maximum absolute atomic E-state index is 11.7. The highest BCUT2D eigenvalue weighted by Gasteiger charge is 2.47. The number of hydrogen-bond acceptors (Lipinski definition) is 4. The van der Waals surface area contributed by atoms with Gasteiger partial charge >= 0.3 is 11.9 Å². The van der Waals surface area contributed by atoms with E-state index in [-0.39, 0.29) is 17.7 Å². The minimum atomic E-state index is -1.02. The summed E-state index contributed by atoms with van der Waals surface area (Å²) in [4.78, 5) is 34.7. The lowest BCUT2D eigenvalue weighted by molar-refractivity contribution is -0.155. The lowest BCUT2D eigenvalue weighted by atomic mass is 9.95. The molecule has 2 heterocycles. The number of nitrogens with zero attached hydrogens (tertiary/aromatic N) is 1. The number of carbonyl (C=O) groups is 3. The number of carboxylic acids is 2. The van der Waals surface area contributed by atoms with E-state index in [2.05, 4.69) is 0 Å². The lowest BCUT2D eigenvalue weighted by Gasteiger charge is -2.34. The van der Waals surface area contributed by atoms with Crippen LogP contribution < -0.4 is 0 Å². The molecule has 0 radical (unpaired) electrons. The standard InChI is InChI=1S/C9H11NO5S/c11-6-1-4(8(12)13)2-7-10(6)5(3-16-7)9(14)15/h4-5,7H,1-3H2,(H,12,13)(H,14,15). The number of piperidine rings is 1. The van der Waals surface area contributed by atoms with Crippen molar-refractivity contribution < 1.29 is 24.6 Å². The van der Waals surface area contributed by atoms with Crippen LogP contribution in [0.25, 0.3) is 0 Å². The monoisotopic (exact) mass is 245 g/mol. The summed E-state index contributed by atoms with van der Waals surface area (Å²) < 4.78 is 0. The van der Waals surface area contributed by atoms with Crippen molar-refractivity contribution in [2.45, 2.75) is 24.3 Å². The average molecular weight is 245 g/mol. The average Bonchev–Trinajstić information content (AvgIpc) is 2.61. The molecule has 7 heteroatoms. The first-order chi connectivity index (χ1) is 7.50. The van der Waals surface area contributed by atoms with Crippen LogP contribution in [-0.4, -0.2) is 50.1 Å². The van der Waals surface area contributed by atoms with Gasteiger partial charge in [-0.2, -0.15) is 0 Å². The van der Waals surface area contributed by atoms with Crippen LogP contribution in [0, 0.1) is 5.92 Å². The molecule has 0 aromatic carbocycles. The topological polar surface area (TPSA) is 94.9 Å². The summed E-state index contributed by atoms with van der Waals surface area (Å²) >= 11 is 1.35. The number of carboxylic acid groups (broad SMARTS) is 2. The number of carbonyl (C=O) groups excluding carboxylic acids is 1. The van der Waals surface area contributed by atoms with Gasteiger partial charge in [-0.1, -0.05) is 0 Å². The van der Waals surface area contributed by atoms with Gasteiger partial charge in [0, 0.05) is 12.2 Å². The van der Waals surface area contributed by atoms with Crippen molar-refractivity contribution in [1.29, 1.82) is 0 Å². The highest BCUT2D eigenvalue weighted by Crippen LogP contribution is 2.38. The molecule has 0 bridgehead atoms. The minimum Gasteiger partial charge on any atom is -0.481 e. The molecule has 0 aromatic rings. The zero-order valence-corrected chi connectivity index (χ0v) is 9.14. The number of amides is 1. The molecule has 2 N–H and O–H groups in total. The fourth-order valence-corrected chi connectivity index (χ4v) is 3.60. The van der Waals surface area contributed by atoms with Crippen LogP contribution in [0.2, 0.25) is 0 Å². The lowest BCUT2D eigenvalue weighted by Crippen LogP contribution is -2.50. The van der Waals surface area contributed by atoms with Gasteiger partial charge in [0.1, 0.15) is 6.04 Å². The van der Waals surface area contributed by atoms with Gasteiger partial charge in [-0.3, -0.25) is 9.59 Å². The molecule has 0 aliphatic carbocycles. The van der Waals surface area contributed by atoms with E-state index in [1.807, 2.05) is 0 Å². The highest BCUT2D eigenvalue weighted by molar-refractivity contribution is 8.00. The molecule has 0 saturated carbocycles. The molecule has 2 aliphatic heterocycles. The summed E-state index contributed by atoms with van der Waals surface area (Å²) in [7, 11) is 0. The fourth-order valence-electron chi connectivity index (χ4n) is 2.10. The summed E-state index contributed by atoms with van der Waals surface area (Å²) in [5.74, 6) is -2.68. The van der Waals surface area contributed by atoms with Crippen LogP contribution in [0.4, 0.5) is 0 Å². The van der Waals surface area contributed by atoms with Crippen LogP contribution in [0.15, 0.2) is 0 Å². The van der Waals surface area contributed by atoms with Gasteiger partial charge in [0.2, 0.25) is 5.91 Å². The molecule has 2 fully saturated rings. The summed E-state index contributed by atoms with van der Waals surface area (Å²) in [5.41, 5.74) is 0. The molecule has 3 atom stereocenters. The van der Waals surface area contributed by atoms with Crippen LogP contribution >= 0.6 is 11.8 Å². The number of aliphatic carboxylic acids is 2. The molecule has 88 valence electrons. The number of fused-ring (bicyclic) bond motifs is 1. The van der Waals surface area contributed by atoms with Crippen molar-refractivity contribution in [2.75, 3.05) is 5.75 Å². The first-order valence-corrected chi connectivity index (χ1v) is 5.94. The van der Waals surface area contributed by atoms with Crippen LogP contribution in [0.3, 0.4) is 0 Å². The summed E-state index contributed by atoms with van der Waals surface area (Å²) in [6, 6.07) is -0.794.